The average Bonchev–Trinajstić information content (AvgIpc) is 2.72. The van der Waals surface area contributed by atoms with Gasteiger partial charge in [-0.25, -0.2) is 14.6 Å². The topological polar surface area (TPSA) is 120 Å². The number of pyridine rings is 1. The summed E-state index contributed by atoms with van der Waals surface area (Å²) in [5.74, 6) is -3.13. The van der Waals surface area contributed by atoms with Crippen molar-refractivity contribution in [2.24, 2.45) is 0 Å². The Bertz CT molecular complexity index is 941. The van der Waals surface area contributed by atoms with Gasteiger partial charge in [-0.1, -0.05) is 19.9 Å². The Morgan fingerprint density at radius 2 is 1.47 bits per heavy atom. The number of halogens is 3. The summed E-state index contributed by atoms with van der Waals surface area (Å²) < 4.78 is 31.7. The molecule has 8 nitrogen and oxygen atoms in total. The molecule has 2 rings (SSSR count). The number of aromatic nitrogens is 1. The Morgan fingerprint density at radius 3 is 1.84 bits per heavy atom. The molecular weight excluding hydrogens is 431 g/mol. The van der Waals surface area contributed by atoms with Crippen molar-refractivity contribution in [3.8, 4) is 0 Å². The molecule has 32 heavy (non-hydrogen) atoms. The number of aliphatic carboxylic acids is 1. The second-order valence-corrected chi connectivity index (χ2v) is 7.55. The number of benzene rings is 1. The molecule has 0 saturated heterocycles. The van der Waals surface area contributed by atoms with Crippen LogP contribution in [0.5, 0.6) is 0 Å². The number of alkyl halides is 3. The van der Waals surface area contributed by atoms with E-state index < -0.39 is 18.1 Å². The Kier molecular flexibility index (Phi) is 8.75. The van der Waals surface area contributed by atoms with Gasteiger partial charge in [0.2, 0.25) is 0 Å². The quantitative estimate of drug-likeness (QED) is 0.612. The molecule has 0 bridgehead atoms. The Balaban J connectivity index is 0.000000633. The number of carboxylic acid groups (broad SMARTS) is 2. The summed E-state index contributed by atoms with van der Waals surface area (Å²) in [5, 5.41) is 18.9. The highest BCUT2D eigenvalue weighted by Crippen LogP contribution is 2.23. The van der Waals surface area contributed by atoms with Crippen LogP contribution in [0, 0.1) is 0 Å². The van der Waals surface area contributed by atoms with Gasteiger partial charge in [-0.2, -0.15) is 13.2 Å². The number of nitrogens with one attached hydrogen (secondary N) is 1. The third-order valence-corrected chi connectivity index (χ3v) is 4.31. The number of anilines is 1. The van der Waals surface area contributed by atoms with Gasteiger partial charge in [-0.05, 0) is 35.9 Å². The third kappa shape index (κ3) is 7.89. The number of carbonyl (C=O) groups is 3. The van der Waals surface area contributed by atoms with Gasteiger partial charge >= 0.3 is 18.1 Å². The van der Waals surface area contributed by atoms with Crippen LogP contribution in [0.2, 0.25) is 0 Å². The van der Waals surface area contributed by atoms with Gasteiger partial charge in [0, 0.05) is 37.8 Å². The maximum Gasteiger partial charge on any atom is 0.490 e. The van der Waals surface area contributed by atoms with Gasteiger partial charge in [0.15, 0.2) is 0 Å². The lowest BCUT2D eigenvalue weighted by Crippen LogP contribution is -2.36. The molecule has 3 N–H and O–H groups in total. The predicted molar refractivity (Wildman–Crippen MR) is 111 cm³/mol. The van der Waals surface area contributed by atoms with Crippen molar-refractivity contribution in [2.75, 3.05) is 25.5 Å². The van der Waals surface area contributed by atoms with Crippen LogP contribution < -0.4 is 10.2 Å². The number of hydrogen-bond acceptors (Lipinski definition) is 5. The molecule has 1 aromatic heterocycles. The molecule has 0 aliphatic carbocycles. The van der Waals surface area contributed by atoms with Gasteiger partial charge in [0.05, 0.1) is 5.56 Å². The molecule has 2 aromatic rings. The van der Waals surface area contributed by atoms with E-state index in [1.54, 1.807) is 0 Å². The monoisotopic (exact) mass is 455 g/mol. The van der Waals surface area contributed by atoms with Crippen LogP contribution in [0.25, 0.3) is 0 Å². The highest BCUT2D eigenvalue weighted by Gasteiger charge is 2.38. The molecule has 0 atom stereocenters. The number of carbonyl (C=O) groups excluding carboxylic acids is 1. The first kappa shape index (κ1) is 26.4. The maximum atomic E-state index is 12.3. The smallest absolute Gasteiger partial charge is 0.478 e. The number of amides is 1. The zero-order valence-electron chi connectivity index (χ0n) is 17.9. The molecule has 0 radical (unpaired) electrons. The molecular formula is C21H24F3N3O5. The fraction of sp³-hybridized carbons (Fsp3) is 0.333. The predicted octanol–water partition coefficient (Wildman–Crippen LogP) is 3.19. The van der Waals surface area contributed by atoms with Gasteiger partial charge in [0.1, 0.15) is 5.82 Å². The second kappa shape index (κ2) is 10.6. The Morgan fingerprint density at radius 1 is 0.969 bits per heavy atom. The highest BCUT2D eigenvalue weighted by molar-refractivity contribution is 5.95. The molecule has 174 valence electrons. The van der Waals surface area contributed by atoms with E-state index in [0.29, 0.717) is 12.1 Å². The average molecular weight is 455 g/mol. The van der Waals surface area contributed by atoms with Crippen molar-refractivity contribution in [3.05, 3.63) is 59.3 Å². The molecule has 0 aliphatic heterocycles. The molecule has 1 heterocycles. The van der Waals surface area contributed by atoms with E-state index in [9.17, 15) is 22.8 Å². The molecule has 1 aromatic carbocycles. The number of carboxylic acids is 2. The first-order valence-corrected chi connectivity index (χ1v) is 9.20. The van der Waals surface area contributed by atoms with Crippen LogP contribution in [0.3, 0.4) is 0 Å². The van der Waals surface area contributed by atoms with Crippen molar-refractivity contribution in [2.45, 2.75) is 25.4 Å². The van der Waals surface area contributed by atoms with E-state index in [1.807, 2.05) is 51.2 Å². The fourth-order valence-electron chi connectivity index (χ4n) is 2.32. The molecule has 1 amide bonds. The molecule has 0 saturated carbocycles. The van der Waals surface area contributed by atoms with E-state index in [4.69, 9.17) is 15.0 Å². The third-order valence-electron chi connectivity index (χ3n) is 4.31. The van der Waals surface area contributed by atoms with Crippen LogP contribution >= 0.6 is 0 Å². The number of rotatable bonds is 6. The zero-order valence-corrected chi connectivity index (χ0v) is 17.9. The van der Waals surface area contributed by atoms with Gasteiger partial charge < -0.3 is 20.4 Å². The van der Waals surface area contributed by atoms with Crippen LogP contribution in [-0.4, -0.2) is 59.9 Å². The summed E-state index contributed by atoms with van der Waals surface area (Å²) in [7, 11) is 3.87. The van der Waals surface area contributed by atoms with Gasteiger partial charge in [0.25, 0.3) is 5.91 Å². The van der Waals surface area contributed by atoms with Crippen molar-refractivity contribution in [3.63, 3.8) is 0 Å². The summed E-state index contributed by atoms with van der Waals surface area (Å²) in [6, 6.07) is 9.83. The number of hydrogen-bond donors (Lipinski definition) is 3. The minimum absolute atomic E-state index is 0.156. The van der Waals surface area contributed by atoms with Crippen LogP contribution in [-0.2, 0) is 10.2 Å². The van der Waals surface area contributed by atoms with E-state index in [2.05, 4.69) is 10.3 Å². The summed E-state index contributed by atoms with van der Waals surface area (Å²) in [5.41, 5.74) is 1.33. The summed E-state index contributed by atoms with van der Waals surface area (Å²) >= 11 is 0. The summed E-state index contributed by atoms with van der Waals surface area (Å²) in [6.07, 6.45) is -3.26. The largest absolute Gasteiger partial charge is 0.490 e. The lowest BCUT2D eigenvalue weighted by Gasteiger charge is -2.26. The van der Waals surface area contributed by atoms with Gasteiger partial charge in [-0.3, -0.25) is 4.79 Å². The Labute approximate surface area is 182 Å². The van der Waals surface area contributed by atoms with Crippen molar-refractivity contribution < 1.29 is 37.8 Å². The normalized spacial score (nSPS) is 11.1. The SMILES string of the molecule is CN(C)c1ccc(C(C)(C)CNC(=O)c2ccc(C(=O)O)cc2)cn1.O=C(O)C(F)(F)F. The molecule has 0 aliphatic rings. The molecule has 0 fully saturated rings. The van der Waals surface area contributed by atoms with Gasteiger partial charge in [-0.15, -0.1) is 0 Å². The van der Waals surface area contributed by atoms with E-state index in [1.165, 1.54) is 24.3 Å². The zero-order chi connectivity index (χ0) is 24.7. The second-order valence-electron chi connectivity index (χ2n) is 7.55. The van der Waals surface area contributed by atoms with E-state index in [-0.39, 0.29) is 16.9 Å². The molecule has 0 spiro atoms. The van der Waals surface area contributed by atoms with E-state index >= 15 is 0 Å². The minimum atomic E-state index is -5.08. The van der Waals surface area contributed by atoms with E-state index in [0.717, 1.165) is 11.4 Å². The summed E-state index contributed by atoms with van der Waals surface area (Å²) in [6.45, 7) is 4.51. The standard InChI is InChI=1S/C19H23N3O3.C2HF3O2/c1-19(2,15-9-10-16(20-11-15)22(3)4)12-21-17(23)13-5-7-14(8-6-13)18(24)25;3-2(4,5)1(6)7/h5-11H,12H2,1-4H3,(H,21,23)(H,24,25);(H,6,7). The first-order chi connectivity index (χ1) is 14.6. The van der Waals surface area contributed by atoms with Crippen molar-refractivity contribution >= 4 is 23.7 Å². The fourth-order valence-corrected chi connectivity index (χ4v) is 2.32. The first-order valence-electron chi connectivity index (χ1n) is 9.20. The Hall–Kier alpha value is -3.63. The minimum Gasteiger partial charge on any atom is -0.478 e. The lowest BCUT2D eigenvalue weighted by atomic mass is 9.85. The van der Waals surface area contributed by atoms with Crippen molar-refractivity contribution in [1.29, 1.82) is 0 Å². The van der Waals surface area contributed by atoms with Crippen molar-refractivity contribution in [1.82, 2.24) is 10.3 Å². The molecule has 11 heteroatoms. The summed E-state index contributed by atoms with van der Waals surface area (Å²) in [4.78, 5) is 38.4. The lowest BCUT2D eigenvalue weighted by molar-refractivity contribution is -0.192. The molecule has 0 unspecified atom stereocenters. The number of aromatic carboxylic acids is 1. The van der Waals surface area contributed by atoms with Crippen LogP contribution in [0.4, 0.5) is 19.0 Å². The highest BCUT2D eigenvalue weighted by atomic mass is 19.4. The number of nitrogens with zero attached hydrogens (tertiary/aromatic N) is 2. The van der Waals surface area contributed by atoms with Crippen LogP contribution in [0.15, 0.2) is 42.6 Å². The van der Waals surface area contributed by atoms with Crippen LogP contribution in [0.1, 0.15) is 40.1 Å². The maximum absolute atomic E-state index is 12.3.